The lowest BCUT2D eigenvalue weighted by Crippen LogP contribution is -2.15. The third-order valence-electron chi connectivity index (χ3n) is 3.62. The fourth-order valence-electron chi connectivity index (χ4n) is 2.24. The number of thioether (sulfide) groups is 1. The number of ether oxygens (including phenoxy) is 2. The van der Waals surface area contributed by atoms with Crippen molar-refractivity contribution in [3.05, 3.63) is 64.8 Å². The van der Waals surface area contributed by atoms with Crippen molar-refractivity contribution in [2.24, 2.45) is 0 Å². The Bertz CT molecular complexity index is 1060. The van der Waals surface area contributed by atoms with Crippen LogP contribution in [0.1, 0.15) is 16.2 Å². The standard InChI is InChI=1S/C19H15ClFN3O5S/c1-27-18(26)11-6-7-12(20)14(8-11)22-16(25)10-30-19-24-23-17(29-19)9-28-15-5-3-2-4-13(15)21/h2-8H,9-10H2,1H3,(H,22,25). The van der Waals surface area contributed by atoms with Crippen LogP contribution in [0.3, 0.4) is 0 Å². The summed E-state index contributed by atoms with van der Waals surface area (Å²) in [5.74, 6) is -1.29. The average molecular weight is 452 g/mol. The van der Waals surface area contributed by atoms with Gasteiger partial charge in [-0.25, -0.2) is 9.18 Å². The third-order valence-corrected chi connectivity index (χ3v) is 4.77. The van der Waals surface area contributed by atoms with Gasteiger partial charge in [0.15, 0.2) is 18.2 Å². The molecule has 1 amide bonds. The molecule has 0 bridgehead atoms. The fraction of sp³-hybridized carbons (Fsp3) is 0.158. The van der Waals surface area contributed by atoms with E-state index >= 15 is 0 Å². The van der Waals surface area contributed by atoms with Gasteiger partial charge < -0.3 is 19.2 Å². The van der Waals surface area contributed by atoms with Crippen LogP contribution in [0.5, 0.6) is 5.75 Å². The first-order chi connectivity index (χ1) is 14.5. The van der Waals surface area contributed by atoms with Crippen LogP contribution in [0.2, 0.25) is 5.02 Å². The summed E-state index contributed by atoms with van der Waals surface area (Å²) in [4.78, 5) is 23.8. The number of aromatic nitrogens is 2. The topological polar surface area (TPSA) is 104 Å². The van der Waals surface area contributed by atoms with E-state index < -0.39 is 17.7 Å². The number of carbonyl (C=O) groups is 2. The quantitative estimate of drug-likeness (QED) is 0.405. The van der Waals surface area contributed by atoms with E-state index in [0.29, 0.717) is 0 Å². The fourth-order valence-corrected chi connectivity index (χ4v) is 2.98. The predicted molar refractivity (Wildman–Crippen MR) is 107 cm³/mol. The first-order valence-corrected chi connectivity index (χ1v) is 9.83. The summed E-state index contributed by atoms with van der Waals surface area (Å²) in [5.41, 5.74) is 0.524. The van der Waals surface area contributed by atoms with Crippen LogP contribution in [0, 0.1) is 5.82 Å². The van der Waals surface area contributed by atoms with E-state index in [4.69, 9.17) is 20.8 Å². The number of para-hydroxylation sites is 1. The van der Waals surface area contributed by atoms with Crippen LogP contribution in [0.4, 0.5) is 10.1 Å². The van der Waals surface area contributed by atoms with Gasteiger partial charge in [0.05, 0.1) is 29.1 Å². The highest BCUT2D eigenvalue weighted by Gasteiger charge is 2.14. The van der Waals surface area contributed by atoms with Gasteiger partial charge in [-0.2, -0.15) is 0 Å². The molecule has 0 atom stereocenters. The van der Waals surface area contributed by atoms with Gasteiger partial charge in [0, 0.05) is 0 Å². The summed E-state index contributed by atoms with van der Waals surface area (Å²) in [6.45, 7) is -0.114. The average Bonchev–Trinajstić information content (AvgIpc) is 3.20. The molecule has 0 aliphatic heterocycles. The number of amides is 1. The minimum atomic E-state index is -0.549. The Labute approximate surface area is 179 Å². The molecule has 0 saturated heterocycles. The molecule has 1 N–H and O–H groups in total. The molecule has 1 aromatic heterocycles. The molecule has 0 radical (unpaired) electrons. The van der Waals surface area contributed by atoms with Crippen molar-refractivity contribution in [1.82, 2.24) is 10.2 Å². The normalized spacial score (nSPS) is 10.5. The molecule has 156 valence electrons. The van der Waals surface area contributed by atoms with Gasteiger partial charge in [-0.3, -0.25) is 4.79 Å². The molecule has 11 heteroatoms. The molecule has 0 aliphatic carbocycles. The van der Waals surface area contributed by atoms with Crippen LogP contribution in [0.25, 0.3) is 0 Å². The maximum absolute atomic E-state index is 13.5. The number of methoxy groups -OCH3 is 1. The van der Waals surface area contributed by atoms with Crippen LogP contribution < -0.4 is 10.1 Å². The first kappa shape index (κ1) is 21.6. The summed E-state index contributed by atoms with van der Waals surface area (Å²) in [6.07, 6.45) is 0. The molecule has 3 rings (SSSR count). The van der Waals surface area contributed by atoms with Crippen molar-refractivity contribution in [2.45, 2.75) is 11.8 Å². The van der Waals surface area contributed by atoms with Crippen molar-refractivity contribution in [2.75, 3.05) is 18.2 Å². The van der Waals surface area contributed by atoms with Gasteiger partial charge in [0.25, 0.3) is 11.1 Å². The van der Waals surface area contributed by atoms with E-state index in [1.807, 2.05) is 0 Å². The number of rotatable bonds is 8. The van der Waals surface area contributed by atoms with Crippen LogP contribution in [-0.2, 0) is 16.1 Å². The van der Waals surface area contributed by atoms with E-state index in [1.165, 1.54) is 37.4 Å². The number of benzene rings is 2. The van der Waals surface area contributed by atoms with Gasteiger partial charge in [-0.1, -0.05) is 35.5 Å². The monoisotopic (exact) mass is 451 g/mol. The van der Waals surface area contributed by atoms with Crippen LogP contribution in [-0.4, -0.2) is 34.9 Å². The molecule has 1 heterocycles. The van der Waals surface area contributed by atoms with Crippen molar-refractivity contribution in [3.8, 4) is 5.75 Å². The molecule has 2 aromatic carbocycles. The highest BCUT2D eigenvalue weighted by molar-refractivity contribution is 7.99. The second-order valence-electron chi connectivity index (χ2n) is 5.70. The summed E-state index contributed by atoms with van der Waals surface area (Å²) in [6, 6.07) is 10.3. The van der Waals surface area contributed by atoms with E-state index in [-0.39, 0.29) is 45.5 Å². The maximum atomic E-state index is 13.5. The van der Waals surface area contributed by atoms with E-state index in [1.54, 1.807) is 12.1 Å². The first-order valence-electron chi connectivity index (χ1n) is 8.46. The van der Waals surface area contributed by atoms with Gasteiger partial charge >= 0.3 is 5.97 Å². The number of nitrogens with one attached hydrogen (secondary N) is 1. The minimum absolute atomic E-state index is 0.0470. The van der Waals surface area contributed by atoms with E-state index in [9.17, 15) is 14.0 Å². The molecular formula is C19H15ClFN3O5S. The lowest BCUT2D eigenvalue weighted by Gasteiger charge is -2.08. The third kappa shape index (κ3) is 5.71. The highest BCUT2D eigenvalue weighted by Crippen LogP contribution is 2.24. The second kappa shape index (κ2) is 10.1. The molecule has 0 spiro atoms. The number of carbonyl (C=O) groups excluding carboxylic acids is 2. The van der Waals surface area contributed by atoms with Gasteiger partial charge in [0.2, 0.25) is 5.91 Å². The zero-order chi connectivity index (χ0) is 21.5. The Hall–Kier alpha value is -3.11. The Morgan fingerprint density at radius 1 is 1.23 bits per heavy atom. The lowest BCUT2D eigenvalue weighted by atomic mass is 10.2. The Kier molecular flexibility index (Phi) is 7.26. The molecule has 30 heavy (non-hydrogen) atoms. The summed E-state index contributed by atoms with van der Waals surface area (Å²) >= 11 is 7.05. The van der Waals surface area contributed by atoms with E-state index in [0.717, 1.165) is 11.8 Å². The number of nitrogens with zero attached hydrogens (tertiary/aromatic N) is 2. The zero-order valence-electron chi connectivity index (χ0n) is 15.6. The minimum Gasteiger partial charge on any atom is -0.481 e. The summed E-state index contributed by atoms with van der Waals surface area (Å²) < 4.78 is 28.8. The van der Waals surface area contributed by atoms with E-state index in [2.05, 4.69) is 20.3 Å². The SMILES string of the molecule is COC(=O)c1ccc(Cl)c(NC(=O)CSc2nnc(COc3ccccc3F)o2)c1. The number of hydrogen-bond donors (Lipinski definition) is 1. The smallest absolute Gasteiger partial charge is 0.337 e. The Morgan fingerprint density at radius 2 is 2.03 bits per heavy atom. The summed E-state index contributed by atoms with van der Waals surface area (Å²) in [5, 5.41) is 10.6. The molecule has 0 fully saturated rings. The van der Waals surface area contributed by atoms with Crippen LogP contribution >= 0.6 is 23.4 Å². The van der Waals surface area contributed by atoms with Crippen molar-refractivity contribution < 1.29 is 27.9 Å². The number of esters is 1. The second-order valence-corrected chi connectivity index (χ2v) is 7.04. The number of halogens is 2. The van der Waals surface area contributed by atoms with Crippen molar-refractivity contribution in [3.63, 3.8) is 0 Å². The molecule has 0 unspecified atom stereocenters. The van der Waals surface area contributed by atoms with Crippen LogP contribution in [0.15, 0.2) is 52.1 Å². The predicted octanol–water partition coefficient (Wildman–Crippen LogP) is 3.96. The number of anilines is 1. The Morgan fingerprint density at radius 3 is 2.80 bits per heavy atom. The van der Waals surface area contributed by atoms with Crippen molar-refractivity contribution >= 4 is 40.9 Å². The largest absolute Gasteiger partial charge is 0.481 e. The molecule has 0 aliphatic rings. The zero-order valence-corrected chi connectivity index (χ0v) is 17.1. The molecule has 3 aromatic rings. The highest BCUT2D eigenvalue weighted by atomic mass is 35.5. The van der Waals surface area contributed by atoms with Gasteiger partial charge in [0.1, 0.15) is 0 Å². The molecule has 8 nitrogen and oxygen atoms in total. The van der Waals surface area contributed by atoms with Gasteiger partial charge in [-0.15, -0.1) is 10.2 Å². The Balaban J connectivity index is 1.52. The maximum Gasteiger partial charge on any atom is 0.337 e. The molecule has 0 saturated carbocycles. The molecular weight excluding hydrogens is 437 g/mol. The van der Waals surface area contributed by atoms with Gasteiger partial charge in [-0.05, 0) is 30.3 Å². The lowest BCUT2D eigenvalue weighted by molar-refractivity contribution is -0.113. The number of hydrogen-bond acceptors (Lipinski definition) is 8. The van der Waals surface area contributed by atoms with Crippen molar-refractivity contribution in [1.29, 1.82) is 0 Å². The summed E-state index contributed by atoms with van der Waals surface area (Å²) in [7, 11) is 1.26.